The Balaban J connectivity index is 1.46. The van der Waals surface area contributed by atoms with Crippen LogP contribution in [0.15, 0.2) is 55.0 Å². The van der Waals surface area contributed by atoms with Crippen molar-refractivity contribution in [3.63, 3.8) is 0 Å². The molecule has 4 heteroatoms. The highest BCUT2D eigenvalue weighted by atomic mass is 19.1. The molecule has 1 aliphatic carbocycles. The van der Waals surface area contributed by atoms with Gasteiger partial charge < -0.3 is 10.3 Å². The summed E-state index contributed by atoms with van der Waals surface area (Å²) in [6.07, 6.45) is 14.2. The van der Waals surface area contributed by atoms with E-state index in [4.69, 9.17) is 0 Å². The Morgan fingerprint density at radius 2 is 1.79 bits per heavy atom. The van der Waals surface area contributed by atoms with Gasteiger partial charge in [-0.3, -0.25) is 0 Å². The van der Waals surface area contributed by atoms with Gasteiger partial charge in [-0.25, -0.2) is 9.37 Å². The molecular weight excluding hydrogens is 349 g/mol. The van der Waals surface area contributed by atoms with Crippen LogP contribution in [0.4, 0.5) is 10.2 Å². The first-order chi connectivity index (χ1) is 13.7. The minimum Gasteiger partial charge on any atom is -0.360 e. The summed E-state index contributed by atoms with van der Waals surface area (Å²) in [6, 6.07) is 8.87. The molecule has 1 saturated carbocycles. The zero-order chi connectivity index (χ0) is 19.3. The van der Waals surface area contributed by atoms with Crippen molar-refractivity contribution in [3.8, 4) is 11.1 Å². The molecule has 2 aromatic heterocycles. The second-order valence-electron chi connectivity index (χ2n) is 7.87. The van der Waals surface area contributed by atoms with E-state index in [1.807, 2.05) is 24.5 Å². The van der Waals surface area contributed by atoms with Crippen molar-refractivity contribution in [2.75, 3.05) is 5.32 Å². The molecular formula is C24H28FN3. The van der Waals surface area contributed by atoms with E-state index < -0.39 is 0 Å². The molecule has 0 saturated heterocycles. The number of nitrogens with one attached hydrogen (secondary N) is 2. The van der Waals surface area contributed by atoms with Crippen molar-refractivity contribution in [1.29, 1.82) is 0 Å². The van der Waals surface area contributed by atoms with Gasteiger partial charge in [-0.05, 0) is 49.1 Å². The van der Waals surface area contributed by atoms with E-state index in [1.165, 1.54) is 63.5 Å². The third-order valence-corrected chi connectivity index (χ3v) is 5.85. The SMILES string of the molecule is C=C(Nc1ccc(-c2c[nH]c3cc(F)ccc23)cn1)C1CCCCCCCC1. The van der Waals surface area contributed by atoms with E-state index in [-0.39, 0.29) is 5.82 Å². The van der Waals surface area contributed by atoms with Crippen LogP contribution in [0.1, 0.15) is 51.4 Å². The molecule has 0 aliphatic heterocycles. The molecule has 2 N–H and O–H groups in total. The van der Waals surface area contributed by atoms with Gasteiger partial charge in [-0.1, -0.05) is 45.1 Å². The second-order valence-corrected chi connectivity index (χ2v) is 7.87. The van der Waals surface area contributed by atoms with Crippen LogP contribution < -0.4 is 5.32 Å². The molecule has 0 spiro atoms. The Labute approximate surface area is 166 Å². The standard InChI is InChI=1S/C24H28FN3/c1-17(18-8-6-4-2-3-5-7-9-18)28-24-13-10-19(15-27-24)22-16-26-23-14-20(25)11-12-21(22)23/h10-16,18,26H,1-9H2,(H,27,28). The summed E-state index contributed by atoms with van der Waals surface area (Å²) in [5, 5.41) is 4.43. The van der Waals surface area contributed by atoms with E-state index in [0.29, 0.717) is 5.92 Å². The molecule has 1 aliphatic rings. The molecule has 0 radical (unpaired) electrons. The Morgan fingerprint density at radius 1 is 1.04 bits per heavy atom. The van der Waals surface area contributed by atoms with Crippen molar-refractivity contribution in [1.82, 2.24) is 9.97 Å². The minimum absolute atomic E-state index is 0.234. The van der Waals surface area contributed by atoms with E-state index in [9.17, 15) is 4.39 Å². The Morgan fingerprint density at radius 3 is 2.50 bits per heavy atom. The average Bonchev–Trinajstić information content (AvgIpc) is 3.16. The average molecular weight is 378 g/mol. The molecule has 0 amide bonds. The Kier molecular flexibility index (Phi) is 5.75. The molecule has 0 unspecified atom stereocenters. The summed E-state index contributed by atoms with van der Waals surface area (Å²) in [5.74, 6) is 1.13. The maximum Gasteiger partial charge on any atom is 0.130 e. The van der Waals surface area contributed by atoms with Gasteiger partial charge in [0.05, 0.1) is 0 Å². The number of hydrogen-bond donors (Lipinski definition) is 2. The summed E-state index contributed by atoms with van der Waals surface area (Å²) < 4.78 is 13.4. The first-order valence-electron chi connectivity index (χ1n) is 10.4. The molecule has 3 aromatic rings. The monoisotopic (exact) mass is 377 g/mol. The smallest absolute Gasteiger partial charge is 0.130 e. The summed E-state index contributed by atoms with van der Waals surface area (Å²) >= 11 is 0. The molecule has 0 atom stereocenters. The van der Waals surface area contributed by atoms with Crippen molar-refractivity contribution in [2.24, 2.45) is 5.92 Å². The highest BCUT2D eigenvalue weighted by Crippen LogP contribution is 2.30. The molecule has 3 nitrogen and oxygen atoms in total. The zero-order valence-corrected chi connectivity index (χ0v) is 16.3. The van der Waals surface area contributed by atoms with Crippen molar-refractivity contribution >= 4 is 16.7 Å². The number of fused-ring (bicyclic) bond motifs is 1. The van der Waals surface area contributed by atoms with Gasteiger partial charge in [-0.15, -0.1) is 0 Å². The summed E-state index contributed by atoms with van der Waals surface area (Å²) in [4.78, 5) is 7.73. The number of nitrogens with zero attached hydrogens (tertiary/aromatic N) is 1. The Hall–Kier alpha value is -2.62. The van der Waals surface area contributed by atoms with E-state index in [2.05, 4.69) is 27.9 Å². The van der Waals surface area contributed by atoms with Gasteiger partial charge >= 0.3 is 0 Å². The van der Waals surface area contributed by atoms with E-state index in [0.717, 1.165) is 33.5 Å². The minimum atomic E-state index is -0.234. The molecule has 2 heterocycles. The lowest BCUT2D eigenvalue weighted by Crippen LogP contribution is -2.12. The van der Waals surface area contributed by atoms with Crippen molar-refractivity contribution < 1.29 is 4.39 Å². The number of aromatic nitrogens is 2. The third kappa shape index (κ3) is 4.27. The first-order valence-corrected chi connectivity index (χ1v) is 10.4. The lowest BCUT2D eigenvalue weighted by molar-refractivity contribution is 0.490. The van der Waals surface area contributed by atoms with Gasteiger partial charge in [0.15, 0.2) is 0 Å². The maximum absolute atomic E-state index is 13.4. The second kappa shape index (κ2) is 8.59. The largest absolute Gasteiger partial charge is 0.360 e. The third-order valence-electron chi connectivity index (χ3n) is 5.85. The van der Waals surface area contributed by atoms with Crippen LogP contribution in [0.5, 0.6) is 0 Å². The highest BCUT2D eigenvalue weighted by molar-refractivity contribution is 5.95. The van der Waals surface area contributed by atoms with Gasteiger partial charge in [0, 0.05) is 40.1 Å². The first kappa shape index (κ1) is 18.7. The number of benzene rings is 1. The van der Waals surface area contributed by atoms with Crippen LogP contribution in [-0.2, 0) is 0 Å². The number of allylic oxidation sites excluding steroid dienone is 1. The van der Waals surface area contributed by atoms with Crippen LogP contribution in [0.3, 0.4) is 0 Å². The number of pyridine rings is 1. The number of hydrogen-bond acceptors (Lipinski definition) is 2. The quantitative estimate of drug-likeness (QED) is 0.511. The topological polar surface area (TPSA) is 40.7 Å². The number of aromatic amines is 1. The number of anilines is 1. The summed E-state index contributed by atoms with van der Waals surface area (Å²) in [7, 11) is 0. The van der Waals surface area contributed by atoms with Crippen LogP contribution in [0.25, 0.3) is 22.0 Å². The highest BCUT2D eigenvalue weighted by Gasteiger charge is 2.15. The molecule has 1 fully saturated rings. The Bertz CT molecular complexity index is 932. The van der Waals surface area contributed by atoms with E-state index >= 15 is 0 Å². The number of H-pyrrole nitrogens is 1. The normalized spacial score (nSPS) is 16.3. The fourth-order valence-electron chi connectivity index (χ4n) is 4.21. The molecule has 0 bridgehead atoms. The lowest BCUT2D eigenvalue weighted by atomic mass is 9.94. The number of rotatable bonds is 4. The number of halogens is 1. The van der Waals surface area contributed by atoms with Crippen molar-refractivity contribution in [3.05, 3.63) is 60.8 Å². The van der Waals surface area contributed by atoms with Gasteiger partial charge in [0.2, 0.25) is 0 Å². The van der Waals surface area contributed by atoms with Crippen LogP contribution in [0, 0.1) is 11.7 Å². The maximum atomic E-state index is 13.4. The lowest BCUT2D eigenvalue weighted by Gasteiger charge is -2.20. The van der Waals surface area contributed by atoms with Gasteiger partial charge in [0.25, 0.3) is 0 Å². The van der Waals surface area contributed by atoms with E-state index in [1.54, 1.807) is 0 Å². The van der Waals surface area contributed by atoms with Gasteiger partial charge in [0.1, 0.15) is 11.6 Å². The van der Waals surface area contributed by atoms with Crippen LogP contribution >= 0.6 is 0 Å². The fraction of sp³-hybridized carbons (Fsp3) is 0.375. The molecule has 4 rings (SSSR count). The summed E-state index contributed by atoms with van der Waals surface area (Å²) in [6.45, 7) is 4.31. The van der Waals surface area contributed by atoms with Crippen LogP contribution in [0.2, 0.25) is 0 Å². The van der Waals surface area contributed by atoms with Crippen molar-refractivity contribution in [2.45, 2.75) is 51.4 Å². The fourth-order valence-corrected chi connectivity index (χ4v) is 4.21. The predicted octanol–water partition coefficient (Wildman–Crippen LogP) is 7.05. The zero-order valence-electron chi connectivity index (χ0n) is 16.3. The van der Waals surface area contributed by atoms with Crippen LogP contribution in [-0.4, -0.2) is 9.97 Å². The summed E-state index contributed by atoms with van der Waals surface area (Å²) in [5.41, 5.74) is 3.93. The molecule has 146 valence electrons. The van der Waals surface area contributed by atoms with Gasteiger partial charge in [-0.2, -0.15) is 0 Å². The molecule has 1 aromatic carbocycles. The molecule has 28 heavy (non-hydrogen) atoms. The predicted molar refractivity (Wildman–Crippen MR) is 115 cm³/mol.